The van der Waals surface area contributed by atoms with Crippen LogP contribution in [-0.2, 0) is 9.47 Å². The standard InChI is InChI=1S/C10H20O2/c1-5-7-10(6-2,8-11-3)9-12-4/h5H,1,6-9H2,2-4H3. The third kappa shape index (κ3) is 3.37. The first kappa shape index (κ1) is 11.7. The van der Waals surface area contributed by atoms with Crippen molar-refractivity contribution in [2.24, 2.45) is 5.41 Å². The summed E-state index contributed by atoms with van der Waals surface area (Å²) in [5.41, 5.74) is 0.130. The van der Waals surface area contributed by atoms with Crippen molar-refractivity contribution < 1.29 is 9.47 Å². The number of allylic oxidation sites excluding steroid dienone is 1. The average molecular weight is 172 g/mol. The van der Waals surface area contributed by atoms with Crippen LogP contribution in [0.5, 0.6) is 0 Å². The Labute approximate surface area is 75.6 Å². The molecule has 0 saturated carbocycles. The molecule has 0 radical (unpaired) electrons. The predicted octanol–water partition coefficient (Wildman–Crippen LogP) is 2.25. The maximum absolute atomic E-state index is 5.18. The minimum absolute atomic E-state index is 0.130. The smallest absolute Gasteiger partial charge is 0.0543 e. The Morgan fingerprint density at radius 3 is 2.00 bits per heavy atom. The minimum atomic E-state index is 0.130. The molecule has 0 spiro atoms. The van der Waals surface area contributed by atoms with Gasteiger partial charge < -0.3 is 9.47 Å². The molecule has 0 aliphatic heterocycles. The first-order chi connectivity index (χ1) is 5.74. The van der Waals surface area contributed by atoms with Crippen LogP contribution in [0.2, 0.25) is 0 Å². The van der Waals surface area contributed by atoms with Crippen molar-refractivity contribution in [3.8, 4) is 0 Å². The van der Waals surface area contributed by atoms with Crippen molar-refractivity contribution in [3.63, 3.8) is 0 Å². The van der Waals surface area contributed by atoms with Gasteiger partial charge in [-0.25, -0.2) is 0 Å². The summed E-state index contributed by atoms with van der Waals surface area (Å²) in [5, 5.41) is 0. The number of ether oxygens (including phenoxy) is 2. The Balaban J connectivity index is 4.15. The maximum atomic E-state index is 5.18. The van der Waals surface area contributed by atoms with E-state index < -0.39 is 0 Å². The molecule has 0 bridgehead atoms. The molecule has 0 aliphatic rings. The normalized spacial score (nSPS) is 11.6. The molecule has 0 aromatic heterocycles. The van der Waals surface area contributed by atoms with Gasteiger partial charge in [0.05, 0.1) is 13.2 Å². The van der Waals surface area contributed by atoms with Gasteiger partial charge in [0.2, 0.25) is 0 Å². The molecule has 0 atom stereocenters. The van der Waals surface area contributed by atoms with Crippen LogP contribution in [0.1, 0.15) is 19.8 Å². The molecular weight excluding hydrogens is 152 g/mol. The van der Waals surface area contributed by atoms with Crippen molar-refractivity contribution in [1.82, 2.24) is 0 Å². The van der Waals surface area contributed by atoms with Crippen molar-refractivity contribution >= 4 is 0 Å². The number of methoxy groups -OCH3 is 2. The summed E-state index contributed by atoms with van der Waals surface area (Å²) in [6, 6.07) is 0. The minimum Gasteiger partial charge on any atom is -0.384 e. The summed E-state index contributed by atoms with van der Waals surface area (Å²) in [6.45, 7) is 7.38. The van der Waals surface area contributed by atoms with Gasteiger partial charge in [-0.3, -0.25) is 0 Å². The van der Waals surface area contributed by atoms with Crippen LogP contribution < -0.4 is 0 Å². The number of hydrogen-bond acceptors (Lipinski definition) is 2. The molecule has 0 N–H and O–H groups in total. The number of hydrogen-bond donors (Lipinski definition) is 0. The zero-order valence-corrected chi connectivity index (χ0v) is 8.43. The Morgan fingerprint density at radius 2 is 1.75 bits per heavy atom. The van der Waals surface area contributed by atoms with Gasteiger partial charge in [0.25, 0.3) is 0 Å². The Bertz CT molecular complexity index is 115. The second kappa shape index (κ2) is 6.21. The third-order valence-electron chi connectivity index (χ3n) is 2.23. The fourth-order valence-electron chi connectivity index (χ4n) is 1.43. The molecule has 12 heavy (non-hydrogen) atoms. The highest BCUT2D eigenvalue weighted by molar-refractivity contribution is 4.85. The summed E-state index contributed by atoms with van der Waals surface area (Å²) in [4.78, 5) is 0. The van der Waals surface area contributed by atoms with E-state index in [4.69, 9.17) is 9.47 Å². The van der Waals surface area contributed by atoms with E-state index in [1.54, 1.807) is 14.2 Å². The topological polar surface area (TPSA) is 18.5 Å². The summed E-state index contributed by atoms with van der Waals surface area (Å²) < 4.78 is 10.4. The maximum Gasteiger partial charge on any atom is 0.0543 e. The van der Waals surface area contributed by atoms with E-state index in [-0.39, 0.29) is 5.41 Å². The van der Waals surface area contributed by atoms with Gasteiger partial charge in [-0.15, -0.1) is 6.58 Å². The van der Waals surface area contributed by atoms with Crippen molar-refractivity contribution in [1.29, 1.82) is 0 Å². The predicted molar refractivity (Wildman–Crippen MR) is 51.3 cm³/mol. The molecule has 0 aromatic rings. The van der Waals surface area contributed by atoms with E-state index in [9.17, 15) is 0 Å². The second-order valence-corrected chi connectivity index (χ2v) is 3.21. The van der Waals surface area contributed by atoms with E-state index >= 15 is 0 Å². The van der Waals surface area contributed by atoms with Gasteiger partial charge in [-0.2, -0.15) is 0 Å². The van der Waals surface area contributed by atoms with E-state index in [0.29, 0.717) is 0 Å². The van der Waals surface area contributed by atoms with Crippen LogP contribution in [0.3, 0.4) is 0 Å². The monoisotopic (exact) mass is 172 g/mol. The van der Waals surface area contributed by atoms with E-state index in [0.717, 1.165) is 26.1 Å². The average Bonchev–Trinajstić information content (AvgIpc) is 2.06. The molecule has 2 nitrogen and oxygen atoms in total. The summed E-state index contributed by atoms with van der Waals surface area (Å²) >= 11 is 0. The lowest BCUT2D eigenvalue weighted by atomic mass is 9.83. The Kier molecular flexibility index (Phi) is 6.03. The van der Waals surface area contributed by atoms with Gasteiger partial charge >= 0.3 is 0 Å². The van der Waals surface area contributed by atoms with Crippen LogP contribution in [0, 0.1) is 5.41 Å². The van der Waals surface area contributed by atoms with E-state index in [2.05, 4.69) is 13.5 Å². The molecule has 0 heterocycles. The van der Waals surface area contributed by atoms with Crippen LogP contribution in [0.4, 0.5) is 0 Å². The van der Waals surface area contributed by atoms with Crippen LogP contribution in [0.15, 0.2) is 12.7 Å². The summed E-state index contributed by atoms with van der Waals surface area (Å²) in [5.74, 6) is 0. The molecule has 0 saturated heterocycles. The molecule has 0 unspecified atom stereocenters. The van der Waals surface area contributed by atoms with Gasteiger partial charge in [0.1, 0.15) is 0 Å². The fourth-order valence-corrected chi connectivity index (χ4v) is 1.43. The SMILES string of the molecule is C=CCC(CC)(COC)COC. The molecule has 0 fully saturated rings. The molecule has 72 valence electrons. The highest BCUT2D eigenvalue weighted by Crippen LogP contribution is 2.27. The lowest BCUT2D eigenvalue weighted by Crippen LogP contribution is -2.30. The van der Waals surface area contributed by atoms with Gasteiger partial charge in [-0.05, 0) is 12.8 Å². The first-order valence-corrected chi connectivity index (χ1v) is 4.33. The van der Waals surface area contributed by atoms with Gasteiger partial charge in [0, 0.05) is 19.6 Å². The van der Waals surface area contributed by atoms with Crippen LogP contribution in [0.25, 0.3) is 0 Å². The quantitative estimate of drug-likeness (QED) is 0.548. The highest BCUT2D eigenvalue weighted by atomic mass is 16.5. The van der Waals surface area contributed by atoms with Crippen LogP contribution >= 0.6 is 0 Å². The van der Waals surface area contributed by atoms with E-state index in [1.165, 1.54) is 0 Å². The zero-order chi connectivity index (χ0) is 9.45. The van der Waals surface area contributed by atoms with Gasteiger partial charge in [0.15, 0.2) is 0 Å². The first-order valence-electron chi connectivity index (χ1n) is 4.33. The molecule has 0 amide bonds. The largest absolute Gasteiger partial charge is 0.384 e. The van der Waals surface area contributed by atoms with Crippen molar-refractivity contribution in [2.45, 2.75) is 19.8 Å². The van der Waals surface area contributed by atoms with Gasteiger partial charge in [-0.1, -0.05) is 13.0 Å². The molecule has 2 heteroatoms. The van der Waals surface area contributed by atoms with Crippen molar-refractivity contribution in [2.75, 3.05) is 27.4 Å². The molecule has 0 aromatic carbocycles. The van der Waals surface area contributed by atoms with E-state index in [1.807, 2.05) is 6.08 Å². The van der Waals surface area contributed by atoms with Crippen molar-refractivity contribution in [3.05, 3.63) is 12.7 Å². The lowest BCUT2D eigenvalue weighted by molar-refractivity contribution is 0.00935. The lowest BCUT2D eigenvalue weighted by Gasteiger charge is -2.29. The molecule has 0 rings (SSSR count). The van der Waals surface area contributed by atoms with Crippen LogP contribution in [-0.4, -0.2) is 27.4 Å². The molecular formula is C10H20O2. The summed E-state index contributed by atoms with van der Waals surface area (Å²) in [6.07, 6.45) is 3.94. The fraction of sp³-hybridized carbons (Fsp3) is 0.800. The highest BCUT2D eigenvalue weighted by Gasteiger charge is 2.26. The summed E-state index contributed by atoms with van der Waals surface area (Å²) in [7, 11) is 3.45. The third-order valence-corrected chi connectivity index (χ3v) is 2.23. The number of rotatable bonds is 7. The zero-order valence-electron chi connectivity index (χ0n) is 8.43. The Morgan fingerprint density at radius 1 is 1.25 bits per heavy atom. The second-order valence-electron chi connectivity index (χ2n) is 3.21. The Hall–Kier alpha value is -0.340. The molecule has 0 aliphatic carbocycles.